The lowest BCUT2D eigenvalue weighted by Gasteiger charge is -2.29. The lowest BCUT2D eigenvalue weighted by atomic mass is 9.94. The van der Waals surface area contributed by atoms with Gasteiger partial charge in [0.15, 0.2) is 11.5 Å². The summed E-state index contributed by atoms with van der Waals surface area (Å²) in [5.74, 6) is 1.54. The number of nitrogens with zero attached hydrogens (tertiary/aromatic N) is 3. The molecular weight excluding hydrogens is 490 g/mol. The fraction of sp³-hybridized carbons (Fsp3) is 0.258. The van der Waals surface area contributed by atoms with Gasteiger partial charge in [0, 0.05) is 11.4 Å². The molecule has 8 nitrogen and oxygen atoms in total. The summed E-state index contributed by atoms with van der Waals surface area (Å²) in [5.41, 5.74) is 8.66. The summed E-state index contributed by atoms with van der Waals surface area (Å²) >= 11 is 0. The van der Waals surface area contributed by atoms with Gasteiger partial charge >= 0.3 is 0 Å². The molecule has 1 amide bonds. The van der Waals surface area contributed by atoms with E-state index < -0.39 is 6.04 Å². The predicted molar refractivity (Wildman–Crippen MR) is 152 cm³/mol. The van der Waals surface area contributed by atoms with Crippen LogP contribution in [0.25, 0.3) is 0 Å². The van der Waals surface area contributed by atoms with Crippen molar-refractivity contribution in [3.05, 3.63) is 106 Å². The monoisotopic (exact) mass is 523 g/mol. The van der Waals surface area contributed by atoms with Crippen molar-refractivity contribution >= 4 is 17.5 Å². The van der Waals surface area contributed by atoms with Crippen molar-refractivity contribution in [3.8, 4) is 11.5 Å². The zero-order valence-electron chi connectivity index (χ0n) is 23.1. The van der Waals surface area contributed by atoms with Crippen LogP contribution in [0.4, 0.5) is 11.6 Å². The molecule has 0 aliphatic carbocycles. The first-order chi connectivity index (χ1) is 18.7. The van der Waals surface area contributed by atoms with Crippen LogP contribution >= 0.6 is 0 Å². The Morgan fingerprint density at radius 3 is 2.54 bits per heavy atom. The molecule has 0 fully saturated rings. The maximum atomic E-state index is 13.6. The van der Waals surface area contributed by atoms with Gasteiger partial charge in [0.25, 0.3) is 5.91 Å². The van der Waals surface area contributed by atoms with Crippen molar-refractivity contribution in [1.82, 2.24) is 14.8 Å². The van der Waals surface area contributed by atoms with Crippen molar-refractivity contribution in [3.63, 3.8) is 0 Å². The number of aryl methyl sites for hydroxylation is 4. The number of methoxy groups -OCH3 is 1. The molecule has 1 unspecified atom stereocenters. The van der Waals surface area contributed by atoms with Crippen molar-refractivity contribution in [2.45, 2.75) is 47.3 Å². The second-order valence-corrected chi connectivity index (χ2v) is 9.98. The molecule has 0 saturated heterocycles. The van der Waals surface area contributed by atoms with Crippen molar-refractivity contribution < 1.29 is 14.3 Å². The molecule has 1 aromatic heterocycles. The van der Waals surface area contributed by atoms with E-state index >= 15 is 0 Å². The molecule has 0 spiro atoms. The van der Waals surface area contributed by atoms with Gasteiger partial charge in [0.1, 0.15) is 19.0 Å². The van der Waals surface area contributed by atoms with Gasteiger partial charge in [-0.25, -0.2) is 4.68 Å². The highest BCUT2D eigenvalue weighted by molar-refractivity contribution is 6.06. The van der Waals surface area contributed by atoms with Crippen LogP contribution in [0.3, 0.4) is 0 Å². The summed E-state index contributed by atoms with van der Waals surface area (Å²) in [6, 6.07) is 17.3. The summed E-state index contributed by atoms with van der Waals surface area (Å²) in [4.78, 5) is 18.0. The van der Waals surface area contributed by atoms with E-state index in [1.807, 2.05) is 56.3 Å². The third-order valence-corrected chi connectivity index (χ3v) is 7.15. The van der Waals surface area contributed by atoms with E-state index in [9.17, 15) is 4.79 Å². The normalized spacial score (nSPS) is 14.5. The van der Waals surface area contributed by atoms with Crippen molar-refractivity contribution in [1.29, 1.82) is 0 Å². The summed E-state index contributed by atoms with van der Waals surface area (Å²) in [6.07, 6.45) is 1.48. The molecule has 200 valence electrons. The number of amides is 1. The smallest absolute Gasteiger partial charge is 0.255 e. The van der Waals surface area contributed by atoms with E-state index in [0.717, 1.165) is 22.4 Å². The molecule has 1 aliphatic heterocycles. The maximum absolute atomic E-state index is 13.6. The van der Waals surface area contributed by atoms with Gasteiger partial charge in [-0.1, -0.05) is 30.3 Å². The van der Waals surface area contributed by atoms with Crippen LogP contribution in [-0.2, 0) is 11.4 Å². The van der Waals surface area contributed by atoms with Crippen LogP contribution < -0.4 is 20.1 Å². The van der Waals surface area contributed by atoms with Gasteiger partial charge in [0.05, 0.1) is 12.7 Å². The van der Waals surface area contributed by atoms with Gasteiger partial charge in [-0.15, -0.1) is 0 Å². The van der Waals surface area contributed by atoms with E-state index in [0.29, 0.717) is 35.3 Å². The Morgan fingerprint density at radius 2 is 1.77 bits per heavy atom. The Labute approximate surface area is 228 Å². The predicted octanol–water partition coefficient (Wildman–Crippen LogP) is 6.03. The minimum atomic E-state index is -0.515. The minimum Gasteiger partial charge on any atom is -0.493 e. The average Bonchev–Trinajstić information content (AvgIpc) is 3.37. The maximum Gasteiger partial charge on any atom is 0.255 e. The third kappa shape index (κ3) is 5.23. The number of anilines is 2. The number of carbonyl (C=O) groups is 1. The van der Waals surface area contributed by atoms with Gasteiger partial charge in [-0.05, 0) is 92.3 Å². The van der Waals surface area contributed by atoms with Crippen LogP contribution in [0, 0.1) is 27.7 Å². The Balaban J connectivity index is 1.47. The number of nitrogens with one attached hydrogen (secondary N) is 2. The van der Waals surface area contributed by atoms with Gasteiger partial charge in [0.2, 0.25) is 5.95 Å². The standard InChI is InChI=1S/C31H33N5O3/c1-18-8-7-9-25(12-18)35-30(37)28-22(5)34-31-32-17-33-36(31)29(28)23-10-11-26(27(15-23)38-6)39-16-24-14-20(3)19(2)13-21(24)4/h7-15,17,29H,16H2,1-6H3,(H,35,37)(H,32,33,34). The fourth-order valence-corrected chi connectivity index (χ4v) is 4.92. The SMILES string of the molecule is COc1cc(C2C(C(=O)Nc3cccc(C)c3)=C(C)Nc3ncnn32)ccc1OCc1cc(C)c(C)cc1C. The number of hydrogen-bond acceptors (Lipinski definition) is 6. The van der Waals surface area contributed by atoms with E-state index in [1.165, 1.54) is 23.0 Å². The first kappa shape index (κ1) is 26.0. The number of aromatic nitrogens is 3. The van der Waals surface area contributed by atoms with Crippen LogP contribution in [-0.4, -0.2) is 27.8 Å². The number of hydrogen-bond donors (Lipinski definition) is 2. The zero-order valence-corrected chi connectivity index (χ0v) is 23.1. The molecule has 0 radical (unpaired) electrons. The second-order valence-electron chi connectivity index (χ2n) is 9.98. The summed E-state index contributed by atoms with van der Waals surface area (Å²) < 4.78 is 13.7. The quantitative estimate of drug-likeness (QED) is 0.308. The molecule has 2 N–H and O–H groups in total. The molecule has 1 atom stereocenters. The van der Waals surface area contributed by atoms with Crippen molar-refractivity contribution in [2.24, 2.45) is 0 Å². The number of ether oxygens (including phenoxy) is 2. The lowest BCUT2D eigenvalue weighted by molar-refractivity contribution is -0.113. The zero-order chi connectivity index (χ0) is 27.7. The van der Waals surface area contributed by atoms with Crippen LogP contribution in [0.15, 0.2) is 72.2 Å². The molecule has 8 heteroatoms. The largest absolute Gasteiger partial charge is 0.493 e. The first-order valence-electron chi connectivity index (χ1n) is 12.9. The fourth-order valence-electron chi connectivity index (χ4n) is 4.92. The number of fused-ring (bicyclic) bond motifs is 1. The van der Waals surface area contributed by atoms with Gasteiger partial charge < -0.3 is 20.1 Å². The first-order valence-corrected chi connectivity index (χ1v) is 12.9. The lowest BCUT2D eigenvalue weighted by Crippen LogP contribution is -2.31. The summed E-state index contributed by atoms with van der Waals surface area (Å²) in [5, 5.41) is 10.7. The molecule has 2 heterocycles. The Kier molecular flexibility index (Phi) is 7.11. The number of carbonyl (C=O) groups excluding carboxylic acids is 1. The van der Waals surface area contributed by atoms with E-state index in [4.69, 9.17) is 9.47 Å². The molecule has 0 bridgehead atoms. The van der Waals surface area contributed by atoms with Crippen LogP contribution in [0.2, 0.25) is 0 Å². The van der Waals surface area contributed by atoms with Crippen LogP contribution in [0.1, 0.15) is 46.3 Å². The second kappa shape index (κ2) is 10.6. The van der Waals surface area contributed by atoms with Crippen molar-refractivity contribution in [2.75, 3.05) is 17.7 Å². The Hall–Kier alpha value is -4.59. The Morgan fingerprint density at radius 1 is 0.974 bits per heavy atom. The van der Waals surface area contributed by atoms with Gasteiger partial charge in [-0.2, -0.15) is 10.1 Å². The highest BCUT2D eigenvalue weighted by atomic mass is 16.5. The average molecular weight is 524 g/mol. The highest BCUT2D eigenvalue weighted by Crippen LogP contribution is 2.39. The van der Waals surface area contributed by atoms with E-state index in [1.54, 1.807) is 11.8 Å². The third-order valence-electron chi connectivity index (χ3n) is 7.15. The van der Waals surface area contributed by atoms with Gasteiger partial charge in [-0.3, -0.25) is 4.79 Å². The van der Waals surface area contributed by atoms with Crippen LogP contribution in [0.5, 0.6) is 11.5 Å². The molecule has 0 saturated carbocycles. The topological polar surface area (TPSA) is 90.3 Å². The molecule has 5 rings (SSSR count). The molecule has 39 heavy (non-hydrogen) atoms. The number of allylic oxidation sites excluding steroid dienone is 1. The van der Waals surface area contributed by atoms with E-state index in [2.05, 4.69) is 53.6 Å². The van der Waals surface area contributed by atoms with E-state index in [-0.39, 0.29) is 5.91 Å². The summed E-state index contributed by atoms with van der Waals surface area (Å²) in [7, 11) is 1.61. The number of benzene rings is 3. The summed E-state index contributed by atoms with van der Waals surface area (Å²) in [6.45, 7) is 10.6. The molecule has 4 aromatic rings. The highest BCUT2D eigenvalue weighted by Gasteiger charge is 2.34. The number of rotatable bonds is 7. The molecule has 3 aromatic carbocycles. The molecular formula is C31H33N5O3. The Bertz CT molecular complexity index is 1590. The minimum absolute atomic E-state index is 0.221. The molecule has 1 aliphatic rings.